The predicted molar refractivity (Wildman–Crippen MR) is 77.7 cm³/mol. The molecule has 3 aromatic rings. The van der Waals surface area contributed by atoms with Crippen LogP contribution in [-0.2, 0) is 22.4 Å². The van der Waals surface area contributed by atoms with Crippen LogP contribution in [0.4, 0.5) is 0 Å². The van der Waals surface area contributed by atoms with Gasteiger partial charge in [-0.3, -0.25) is 0 Å². The number of hydrogen-bond donors (Lipinski definition) is 0. The van der Waals surface area contributed by atoms with E-state index in [0.717, 1.165) is 0 Å². The second-order valence-electron chi connectivity index (χ2n) is 3.94. The van der Waals surface area contributed by atoms with Crippen molar-refractivity contribution in [2.45, 2.75) is 0 Å². The van der Waals surface area contributed by atoms with Gasteiger partial charge in [0.2, 0.25) is 0 Å². The van der Waals surface area contributed by atoms with Crippen molar-refractivity contribution >= 4 is 0 Å². The molecule has 3 aromatic carbocycles. The molecule has 0 atom stereocenters. The van der Waals surface area contributed by atoms with Gasteiger partial charge in [0.25, 0.3) is 0 Å². The van der Waals surface area contributed by atoms with Crippen molar-refractivity contribution in [2.75, 3.05) is 0 Å². The van der Waals surface area contributed by atoms with Crippen LogP contribution in [-0.4, -0.2) is 0 Å². The average Bonchev–Trinajstić information content (AvgIpc) is 2.51. The van der Waals surface area contributed by atoms with Crippen molar-refractivity contribution in [3.05, 3.63) is 91.0 Å². The standard InChI is InChI=1S/3C6H6O.Au/c3*7-6-4-2-1-3-5-6;/h3*1-5,7H;/q;;;+3/p-3. The van der Waals surface area contributed by atoms with E-state index in [1.165, 1.54) is 36.4 Å². The van der Waals surface area contributed by atoms with Crippen molar-refractivity contribution in [3.8, 4) is 17.2 Å². The van der Waals surface area contributed by atoms with E-state index in [4.69, 9.17) is 0 Å². The minimum Gasteiger partial charge on any atom is -0.872 e. The predicted octanol–water partition coefficient (Wildman–Crippen LogP) is 2.28. The summed E-state index contributed by atoms with van der Waals surface area (Å²) in [4.78, 5) is 0. The summed E-state index contributed by atoms with van der Waals surface area (Å²) in [6, 6.07) is 25.0. The minimum absolute atomic E-state index is 0. The van der Waals surface area contributed by atoms with Crippen molar-refractivity contribution in [2.24, 2.45) is 0 Å². The zero-order valence-corrected chi connectivity index (χ0v) is 13.9. The Labute approximate surface area is 146 Å². The molecular formula is C18H15AuO3. The number of hydrogen-bond acceptors (Lipinski definition) is 3. The molecule has 4 heteroatoms. The molecular weight excluding hydrogens is 461 g/mol. The Balaban J connectivity index is 0.000000294. The van der Waals surface area contributed by atoms with Gasteiger partial charge in [0.15, 0.2) is 0 Å². The first-order valence-electron chi connectivity index (χ1n) is 6.34. The third-order valence-electron chi connectivity index (χ3n) is 2.23. The van der Waals surface area contributed by atoms with E-state index >= 15 is 0 Å². The Morgan fingerprint density at radius 2 is 0.545 bits per heavy atom. The van der Waals surface area contributed by atoms with Crippen LogP contribution >= 0.6 is 0 Å². The molecule has 0 saturated heterocycles. The molecule has 0 heterocycles. The summed E-state index contributed by atoms with van der Waals surface area (Å²) in [7, 11) is 0. The molecule has 3 rings (SSSR count). The normalized spacial score (nSPS) is 8.18. The molecule has 0 aliphatic carbocycles. The summed E-state index contributed by atoms with van der Waals surface area (Å²) in [6.07, 6.45) is 0. The summed E-state index contributed by atoms with van der Waals surface area (Å²) >= 11 is 0. The fourth-order valence-electron chi connectivity index (χ4n) is 1.26. The molecule has 0 radical (unpaired) electrons. The summed E-state index contributed by atoms with van der Waals surface area (Å²) in [5, 5.41) is 30.8. The van der Waals surface area contributed by atoms with Gasteiger partial charge in [0, 0.05) is 0 Å². The van der Waals surface area contributed by atoms with E-state index in [0.29, 0.717) is 0 Å². The van der Waals surface area contributed by atoms with Crippen LogP contribution in [0, 0.1) is 0 Å². The summed E-state index contributed by atoms with van der Waals surface area (Å²) < 4.78 is 0. The summed E-state index contributed by atoms with van der Waals surface area (Å²) in [5.41, 5.74) is 0. The molecule has 0 fully saturated rings. The third kappa shape index (κ3) is 10.6. The summed E-state index contributed by atoms with van der Waals surface area (Å²) in [5.74, 6) is 0.215. The SMILES string of the molecule is [Au+3].[O-]c1ccccc1.[O-]c1ccccc1.[O-]c1ccccc1. The zero-order valence-electron chi connectivity index (χ0n) is 11.7. The van der Waals surface area contributed by atoms with Gasteiger partial charge < -0.3 is 15.3 Å². The van der Waals surface area contributed by atoms with Gasteiger partial charge in [-0.2, -0.15) is 0 Å². The van der Waals surface area contributed by atoms with Gasteiger partial charge in [-0.25, -0.2) is 0 Å². The van der Waals surface area contributed by atoms with Crippen molar-refractivity contribution in [1.82, 2.24) is 0 Å². The molecule has 0 amide bonds. The van der Waals surface area contributed by atoms with Crippen LogP contribution in [0.5, 0.6) is 17.2 Å². The number of rotatable bonds is 0. The average molecular weight is 476 g/mol. The maximum atomic E-state index is 10.3. The number of benzene rings is 3. The second-order valence-corrected chi connectivity index (χ2v) is 3.94. The largest absolute Gasteiger partial charge is 3.00 e. The monoisotopic (exact) mass is 476 g/mol. The van der Waals surface area contributed by atoms with E-state index in [1.54, 1.807) is 36.4 Å². The summed E-state index contributed by atoms with van der Waals surface area (Å²) in [6.45, 7) is 0. The molecule has 116 valence electrons. The van der Waals surface area contributed by atoms with Crippen LogP contribution in [0.15, 0.2) is 91.0 Å². The zero-order chi connectivity index (χ0) is 15.3. The van der Waals surface area contributed by atoms with Crippen LogP contribution in [0.3, 0.4) is 0 Å². The van der Waals surface area contributed by atoms with Crippen molar-refractivity contribution < 1.29 is 37.7 Å². The molecule has 0 saturated carbocycles. The Morgan fingerprint density at radius 1 is 0.364 bits per heavy atom. The Bertz CT molecular complexity index is 497. The maximum Gasteiger partial charge on any atom is 3.00 e. The Kier molecular flexibility index (Phi) is 11.3. The van der Waals surface area contributed by atoms with Crippen LogP contribution < -0.4 is 15.3 Å². The van der Waals surface area contributed by atoms with E-state index in [-0.39, 0.29) is 39.6 Å². The van der Waals surface area contributed by atoms with Crippen molar-refractivity contribution in [1.29, 1.82) is 0 Å². The topological polar surface area (TPSA) is 69.2 Å². The van der Waals surface area contributed by atoms with Crippen LogP contribution in [0.1, 0.15) is 0 Å². The van der Waals surface area contributed by atoms with Gasteiger partial charge in [0.05, 0.1) is 0 Å². The third-order valence-corrected chi connectivity index (χ3v) is 2.23. The first-order valence-corrected chi connectivity index (χ1v) is 6.34. The van der Waals surface area contributed by atoms with Gasteiger partial charge in [0.1, 0.15) is 0 Å². The molecule has 0 aliphatic rings. The molecule has 0 unspecified atom stereocenters. The Morgan fingerprint density at radius 3 is 0.636 bits per heavy atom. The number of para-hydroxylation sites is 3. The molecule has 0 aliphatic heterocycles. The minimum atomic E-state index is 0. The first kappa shape index (κ1) is 19.8. The quantitative estimate of drug-likeness (QED) is 0.468. The van der Waals surface area contributed by atoms with Crippen molar-refractivity contribution in [3.63, 3.8) is 0 Å². The molecule has 0 spiro atoms. The molecule has 0 N–H and O–H groups in total. The smallest absolute Gasteiger partial charge is 0.872 e. The van der Waals surface area contributed by atoms with E-state index in [1.807, 2.05) is 18.2 Å². The van der Waals surface area contributed by atoms with E-state index in [2.05, 4.69) is 0 Å². The van der Waals surface area contributed by atoms with Gasteiger partial charge in [-0.15, -0.1) is 17.2 Å². The van der Waals surface area contributed by atoms with Crippen LogP contribution in [0.25, 0.3) is 0 Å². The fraction of sp³-hybridized carbons (Fsp3) is 0. The molecule has 3 nitrogen and oxygen atoms in total. The molecule has 22 heavy (non-hydrogen) atoms. The van der Waals surface area contributed by atoms with Crippen LogP contribution in [0.2, 0.25) is 0 Å². The maximum absolute atomic E-state index is 10.3. The van der Waals surface area contributed by atoms with E-state index < -0.39 is 0 Å². The molecule has 0 bridgehead atoms. The Hall–Kier alpha value is -2.20. The first-order chi connectivity index (χ1) is 10.2. The van der Waals surface area contributed by atoms with Gasteiger partial charge in [-0.05, 0) is 0 Å². The van der Waals surface area contributed by atoms with E-state index in [9.17, 15) is 15.3 Å². The molecule has 0 aromatic heterocycles. The second kappa shape index (κ2) is 12.5. The van der Waals surface area contributed by atoms with Gasteiger partial charge in [-0.1, -0.05) is 91.0 Å². The van der Waals surface area contributed by atoms with Gasteiger partial charge >= 0.3 is 22.4 Å². The fourth-order valence-corrected chi connectivity index (χ4v) is 1.26.